The summed E-state index contributed by atoms with van der Waals surface area (Å²) in [6.07, 6.45) is 2.40. The van der Waals surface area contributed by atoms with E-state index < -0.39 is 17.2 Å². The topological polar surface area (TPSA) is 87.6 Å². The largest absolute Gasteiger partial charge is 0.402 e. The number of aliphatic hydroxyl groups is 1. The van der Waals surface area contributed by atoms with Crippen LogP contribution in [0.4, 0.5) is 14.6 Å². The Morgan fingerprint density at radius 1 is 1.21 bits per heavy atom. The predicted octanol–water partition coefficient (Wildman–Crippen LogP) is 2.94. The van der Waals surface area contributed by atoms with Gasteiger partial charge in [0.1, 0.15) is 11.6 Å². The van der Waals surface area contributed by atoms with Gasteiger partial charge in [-0.25, -0.2) is 18.7 Å². The van der Waals surface area contributed by atoms with Gasteiger partial charge in [0.05, 0.1) is 11.3 Å². The number of halogens is 2. The van der Waals surface area contributed by atoms with Crippen LogP contribution in [0, 0.1) is 18.6 Å². The van der Waals surface area contributed by atoms with E-state index in [-0.39, 0.29) is 0 Å². The van der Waals surface area contributed by atoms with E-state index in [0.29, 0.717) is 48.7 Å². The molecule has 1 fully saturated rings. The maximum Gasteiger partial charge on any atom is 0.159 e. The fourth-order valence-electron chi connectivity index (χ4n) is 3.53. The van der Waals surface area contributed by atoms with Crippen LogP contribution < -0.4 is 10.6 Å². The molecule has 29 heavy (non-hydrogen) atoms. The summed E-state index contributed by atoms with van der Waals surface area (Å²) in [4.78, 5) is 15.1. The highest BCUT2D eigenvalue weighted by atomic mass is 19.2. The minimum absolute atomic E-state index is 0.367. The summed E-state index contributed by atoms with van der Waals surface area (Å²) in [5.41, 5.74) is 7.18. The maximum absolute atomic E-state index is 13.6. The molecule has 0 unspecified atom stereocenters. The Hall–Kier alpha value is -2.87. The monoisotopic (exact) mass is 401 g/mol. The first-order valence-corrected chi connectivity index (χ1v) is 9.41. The number of anilines is 1. The molecule has 0 aliphatic carbocycles. The Labute approximate surface area is 168 Å². The summed E-state index contributed by atoms with van der Waals surface area (Å²) in [5.74, 6) is -0.554. The number of aromatic nitrogens is 2. The molecule has 1 saturated heterocycles. The summed E-state index contributed by atoms with van der Waals surface area (Å²) in [7, 11) is 1.67. The van der Waals surface area contributed by atoms with Crippen molar-refractivity contribution in [1.29, 1.82) is 0 Å². The van der Waals surface area contributed by atoms with E-state index in [0.717, 1.165) is 23.5 Å². The van der Waals surface area contributed by atoms with E-state index in [2.05, 4.69) is 15.0 Å². The van der Waals surface area contributed by atoms with Crippen LogP contribution in [-0.4, -0.2) is 41.4 Å². The van der Waals surface area contributed by atoms with Crippen molar-refractivity contribution in [3.8, 4) is 0 Å². The molecule has 1 aromatic heterocycles. The molecule has 0 saturated carbocycles. The first-order chi connectivity index (χ1) is 13.7. The van der Waals surface area contributed by atoms with Gasteiger partial charge in [-0.05, 0) is 44.4 Å². The van der Waals surface area contributed by atoms with Gasteiger partial charge in [0.15, 0.2) is 11.6 Å². The van der Waals surface area contributed by atoms with Crippen LogP contribution in [0.25, 0.3) is 5.57 Å². The number of hydrogen-bond donors (Lipinski definition) is 2. The van der Waals surface area contributed by atoms with Gasteiger partial charge in [-0.3, -0.25) is 4.99 Å². The van der Waals surface area contributed by atoms with Crippen molar-refractivity contribution < 1.29 is 13.9 Å². The van der Waals surface area contributed by atoms with Crippen molar-refractivity contribution in [2.45, 2.75) is 32.3 Å². The molecule has 0 amide bonds. The van der Waals surface area contributed by atoms with Crippen LogP contribution in [0.5, 0.6) is 0 Å². The molecule has 0 spiro atoms. The molecular formula is C21H25F2N5O. The number of hydrogen-bond acceptors (Lipinski definition) is 6. The van der Waals surface area contributed by atoms with Gasteiger partial charge < -0.3 is 15.7 Å². The van der Waals surface area contributed by atoms with Crippen molar-refractivity contribution in [3.05, 3.63) is 58.7 Å². The summed E-state index contributed by atoms with van der Waals surface area (Å²) >= 11 is 0. The molecule has 1 aliphatic heterocycles. The second-order valence-corrected chi connectivity index (χ2v) is 7.29. The Kier molecular flexibility index (Phi) is 5.93. The third-order valence-corrected chi connectivity index (χ3v) is 5.15. The Balaban J connectivity index is 1.84. The maximum atomic E-state index is 13.6. The molecule has 3 rings (SSSR count). The third kappa shape index (κ3) is 4.42. The minimum Gasteiger partial charge on any atom is -0.402 e. The smallest absolute Gasteiger partial charge is 0.159 e. The highest BCUT2D eigenvalue weighted by molar-refractivity contribution is 6.10. The van der Waals surface area contributed by atoms with Crippen molar-refractivity contribution in [3.63, 3.8) is 0 Å². The second kappa shape index (κ2) is 8.24. The third-order valence-electron chi connectivity index (χ3n) is 5.15. The number of piperidine rings is 1. The lowest BCUT2D eigenvalue weighted by atomic mass is 9.84. The van der Waals surface area contributed by atoms with Crippen molar-refractivity contribution in [2.24, 2.45) is 10.7 Å². The van der Waals surface area contributed by atoms with Gasteiger partial charge in [-0.2, -0.15) is 0 Å². The SMILES string of the molecule is CN=C/C(=C(/C)N)c1cc(N2CCC(O)(c3ccc(F)c(F)c3)CC2)nc(C)n1. The molecule has 8 heteroatoms. The zero-order valence-electron chi connectivity index (χ0n) is 16.8. The molecule has 0 atom stereocenters. The van der Waals surface area contributed by atoms with E-state index in [1.807, 2.05) is 11.0 Å². The molecule has 154 valence electrons. The van der Waals surface area contributed by atoms with Gasteiger partial charge >= 0.3 is 0 Å². The lowest BCUT2D eigenvalue weighted by molar-refractivity contribution is 0.0113. The molecule has 6 nitrogen and oxygen atoms in total. The highest BCUT2D eigenvalue weighted by Crippen LogP contribution is 2.35. The summed E-state index contributed by atoms with van der Waals surface area (Å²) in [5, 5.41) is 11.0. The summed E-state index contributed by atoms with van der Waals surface area (Å²) in [6.45, 7) is 4.61. The number of benzene rings is 1. The molecular weight excluding hydrogens is 376 g/mol. The Bertz CT molecular complexity index is 962. The molecule has 1 aliphatic rings. The van der Waals surface area contributed by atoms with Gasteiger partial charge in [0.2, 0.25) is 0 Å². The van der Waals surface area contributed by atoms with Crippen LogP contribution in [0.1, 0.15) is 36.8 Å². The van der Waals surface area contributed by atoms with Crippen LogP contribution >= 0.6 is 0 Å². The second-order valence-electron chi connectivity index (χ2n) is 7.29. The van der Waals surface area contributed by atoms with Crippen molar-refractivity contribution in [1.82, 2.24) is 9.97 Å². The van der Waals surface area contributed by atoms with E-state index in [1.54, 1.807) is 27.1 Å². The van der Waals surface area contributed by atoms with Crippen molar-refractivity contribution >= 4 is 17.6 Å². The molecule has 0 radical (unpaired) electrons. The van der Waals surface area contributed by atoms with Gasteiger partial charge in [0.25, 0.3) is 0 Å². The number of nitrogens with two attached hydrogens (primary N) is 1. The van der Waals surface area contributed by atoms with E-state index in [4.69, 9.17) is 5.73 Å². The minimum atomic E-state index is -1.20. The molecule has 1 aromatic carbocycles. The van der Waals surface area contributed by atoms with E-state index >= 15 is 0 Å². The van der Waals surface area contributed by atoms with Crippen LogP contribution in [-0.2, 0) is 5.60 Å². The van der Waals surface area contributed by atoms with E-state index in [1.165, 1.54) is 6.07 Å². The van der Waals surface area contributed by atoms with Gasteiger partial charge in [0, 0.05) is 43.7 Å². The van der Waals surface area contributed by atoms with Crippen LogP contribution in [0.2, 0.25) is 0 Å². The number of aryl methyl sites for hydroxylation is 1. The molecule has 2 heterocycles. The summed E-state index contributed by atoms with van der Waals surface area (Å²) in [6, 6.07) is 5.41. The Morgan fingerprint density at radius 3 is 2.48 bits per heavy atom. The van der Waals surface area contributed by atoms with Gasteiger partial charge in [-0.1, -0.05) is 6.07 Å². The lowest BCUT2D eigenvalue weighted by Gasteiger charge is -2.39. The first-order valence-electron chi connectivity index (χ1n) is 9.41. The Morgan fingerprint density at radius 2 is 1.90 bits per heavy atom. The predicted molar refractivity (Wildman–Crippen MR) is 110 cm³/mol. The van der Waals surface area contributed by atoms with E-state index in [9.17, 15) is 13.9 Å². The average Bonchev–Trinajstić information content (AvgIpc) is 2.68. The number of allylic oxidation sites excluding steroid dienone is 2. The first kappa shape index (κ1) is 20.9. The quantitative estimate of drug-likeness (QED) is 0.769. The average molecular weight is 401 g/mol. The van der Waals surface area contributed by atoms with Crippen LogP contribution in [0.15, 0.2) is 35.0 Å². The van der Waals surface area contributed by atoms with Crippen molar-refractivity contribution in [2.75, 3.05) is 25.0 Å². The van der Waals surface area contributed by atoms with Crippen LogP contribution in [0.3, 0.4) is 0 Å². The number of nitrogens with zero attached hydrogens (tertiary/aromatic N) is 4. The zero-order chi connectivity index (χ0) is 21.2. The standard InChI is InChI=1S/C21H25F2N5O/c1-13(24)16(12-25-3)19-11-20(27-14(2)26-19)28-8-6-21(29,7-9-28)15-4-5-17(22)18(23)10-15/h4-5,10-12,29H,6-9,24H2,1-3H3/b16-13+,25-12?. The normalized spacial score (nSPS) is 17.5. The lowest BCUT2D eigenvalue weighted by Crippen LogP contribution is -2.43. The highest BCUT2D eigenvalue weighted by Gasteiger charge is 2.35. The zero-order valence-corrected chi connectivity index (χ0v) is 16.8. The summed E-state index contributed by atoms with van der Waals surface area (Å²) < 4.78 is 26.8. The fraction of sp³-hybridized carbons (Fsp3) is 0.381. The fourth-order valence-corrected chi connectivity index (χ4v) is 3.53. The number of rotatable bonds is 4. The molecule has 3 N–H and O–H groups in total. The van der Waals surface area contributed by atoms with Gasteiger partial charge in [-0.15, -0.1) is 0 Å². The molecule has 2 aromatic rings. The molecule has 0 bridgehead atoms. The number of aliphatic imine (C=N–C) groups is 1.